The predicted molar refractivity (Wildman–Crippen MR) is 78.4 cm³/mol. The highest BCUT2D eigenvalue weighted by molar-refractivity contribution is 5.67. The normalized spacial score (nSPS) is 12.1. The van der Waals surface area contributed by atoms with Crippen LogP contribution in [0.25, 0.3) is 11.3 Å². The highest BCUT2D eigenvalue weighted by Crippen LogP contribution is 2.39. The zero-order valence-electron chi connectivity index (χ0n) is 12.3. The Bertz CT molecular complexity index is 562. The molecule has 0 radical (unpaired) electrons. The molecule has 0 aliphatic heterocycles. The van der Waals surface area contributed by atoms with Crippen LogP contribution in [-0.4, -0.2) is 14.9 Å². The summed E-state index contributed by atoms with van der Waals surface area (Å²) in [6.07, 6.45) is 0. The molecule has 0 unspecified atom stereocenters. The summed E-state index contributed by atoms with van der Waals surface area (Å²) in [5.74, 6) is 0.299. The van der Waals surface area contributed by atoms with Crippen molar-refractivity contribution in [3.8, 4) is 17.0 Å². The van der Waals surface area contributed by atoms with Crippen molar-refractivity contribution >= 4 is 0 Å². The molecule has 0 amide bonds. The summed E-state index contributed by atoms with van der Waals surface area (Å²) < 4.78 is 1.93. The number of rotatable bonds is 2. The Morgan fingerprint density at radius 2 is 1.68 bits per heavy atom. The number of benzene rings is 1. The van der Waals surface area contributed by atoms with Crippen molar-refractivity contribution in [1.29, 1.82) is 0 Å². The van der Waals surface area contributed by atoms with Gasteiger partial charge in [0.1, 0.15) is 5.69 Å². The van der Waals surface area contributed by atoms with Gasteiger partial charge in [-0.05, 0) is 13.8 Å². The van der Waals surface area contributed by atoms with Gasteiger partial charge in [-0.15, -0.1) is 0 Å². The van der Waals surface area contributed by atoms with Crippen molar-refractivity contribution in [2.45, 2.75) is 46.1 Å². The van der Waals surface area contributed by atoms with Gasteiger partial charge in [-0.1, -0.05) is 51.1 Å². The average molecular weight is 258 g/mol. The molecular weight excluding hydrogens is 236 g/mol. The first-order chi connectivity index (χ1) is 8.82. The summed E-state index contributed by atoms with van der Waals surface area (Å²) in [5, 5.41) is 15.2. The van der Waals surface area contributed by atoms with E-state index in [2.05, 4.69) is 39.7 Å². The maximum atomic E-state index is 10.6. The predicted octanol–water partition coefficient (Wildman–Crippen LogP) is 4.13. The first-order valence-corrected chi connectivity index (χ1v) is 6.69. The summed E-state index contributed by atoms with van der Waals surface area (Å²) in [7, 11) is 0. The number of hydrogen-bond acceptors (Lipinski definition) is 2. The van der Waals surface area contributed by atoms with Crippen molar-refractivity contribution in [2.75, 3.05) is 0 Å². The molecule has 0 atom stereocenters. The van der Waals surface area contributed by atoms with Gasteiger partial charge in [-0.2, -0.15) is 5.10 Å². The van der Waals surface area contributed by atoms with E-state index in [0.717, 1.165) is 11.3 Å². The highest BCUT2D eigenvalue weighted by Gasteiger charge is 2.28. The van der Waals surface area contributed by atoms with Gasteiger partial charge in [-0.3, -0.25) is 4.68 Å². The van der Waals surface area contributed by atoms with Crippen molar-refractivity contribution in [3.63, 3.8) is 0 Å². The number of hydrogen-bond donors (Lipinski definition) is 1. The van der Waals surface area contributed by atoms with Gasteiger partial charge in [0.05, 0.1) is 5.69 Å². The zero-order valence-corrected chi connectivity index (χ0v) is 12.3. The Hall–Kier alpha value is -1.77. The minimum Gasteiger partial charge on any atom is -0.504 e. The Balaban J connectivity index is 2.66. The Morgan fingerprint density at radius 3 is 2.11 bits per heavy atom. The van der Waals surface area contributed by atoms with Gasteiger partial charge in [0.25, 0.3) is 0 Å². The van der Waals surface area contributed by atoms with Crippen LogP contribution in [0.15, 0.2) is 30.3 Å². The molecule has 0 saturated carbocycles. The molecule has 0 bridgehead atoms. The minimum atomic E-state index is -0.144. The van der Waals surface area contributed by atoms with Crippen LogP contribution >= 0.6 is 0 Å². The van der Waals surface area contributed by atoms with E-state index in [1.165, 1.54) is 0 Å². The second-order valence-corrected chi connectivity index (χ2v) is 6.20. The molecular formula is C16H22N2O. The number of nitrogens with zero attached hydrogens (tertiary/aromatic N) is 2. The molecule has 0 saturated heterocycles. The SMILES string of the molecule is CC(C)n1nc(-c2ccccc2)c(O)c1C(C)(C)C. The number of aromatic hydroxyl groups is 1. The summed E-state index contributed by atoms with van der Waals surface area (Å²) in [5.41, 5.74) is 2.36. The third-order valence-electron chi connectivity index (χ3n) is 3.13. The van der Waals surface area contributed by atoms with Crippen LogP contribution in [0.5, 0.6) is 5.75 Å². The molecule has 1 aromatic carbocycles. The highest BCUT2D eigenvalue weighted by atomic mass is 16.3. The molecule has 1 N–H and O–H groups in total. The fourth-order valence-corrected chi connectivity index (χ4v) is 2.29. The van der Waals surface area contributed by atoms with Crippen LogP contribution in [0.4, 0.5) is 0 Å². The van der Waals surface area contributed by atoms with Gasteiger partial charge in [0, 0.05) is 17.0 Å². The average Bonchev–Trinajstić information content (AvgIpc) is 2.68. The minimum absolute atomic E-state index is 0.144. The van der Waals surface area contributed by atoms with Crippen LogP contribution in [0.1, 0.15) is 46.4 Å². The first kappa shape index (κ1) is 13.7. The lowest BCUT2D eigenvalue weighted by molar-refractivity contribution is 0.408. The second kappa shape index (κ2) is 4.72. The van der Waals surface area contributed by atoms with Gasteiger partial charge in [0.2, 0.25) is 0 Å². The van der Waals surface area contributed by atoms with E-state index < -0.39 is 0 Å². The molecule has 1 heterocycles. The lowest BCUT2D eigenvalue weighted by Crippen LogP contribution is -2.19. The monoisotopic (exact) mass is 258 g/mol. The third kappa shape index (κ3) is 2.50. The van der Waals surface area contributed by atoms with Crippen LogP contribution in [0.3, 0.4) is 0 Å². The summed E-state index contributed by atoms with van der Waals surface area (Å²) >= 11 is 0. The first-order valence-electron chi connectivity index (χ1n) is 6.69. The fraction of sp³-hybridized carbons (Fsp3) is 0.438. The molecule has 0 fully saturated rings. The maximum absolute atomic E-state index is 10.6. The molecule has 102 valence electrons. The zero-order chi connectivity index (χ0) is 14.2. The standard InChI is InChI=1S/C16H22N2O/c1-11(2)18-15(16(3,4)5)14(19)13(17-18)12-9-7-6-8-10-12/h6-11,19H,1-5H3. The van der Waals surface area contributed by atoms with Gasteiger partial charge in [0.15, 0.2) is 5.75 Å². The smallest absolute Gasteiger partial charge is 0.165 e. The van der Waals surface area contributed by atoms with E-state index in [1.54, 1.807) is 0 Å². The van der Waals surface area contributed by atoms with Gasteiger partial charge < -0.3 is 5.11 Å². The van der Waals surface area contributed by atoms with E-state index in [4.69, 9.17) is 0 Å². The molecule has 2 rings (SSSR count). The topological polar surface area (TPSA) is 38.0 Å². The van der Waals surface area contributed by atoms with Crippen LogP contribution < -0.4 is 0 Å². The molecule has 0 aliphatic carbocycles. The van der Waals surface area contributed by atoms with Crippen LogP contribution in [-0.2, 0) is 5.41 Å². The number of aromatic nitrogens is 2. The molecule has 3 nitrogen and oxygen atoms in total. The van der Waals surface area contributed by atoms with E-state index in [9.17, 15) is 5.11 Å². The van der Waals surface area contributed by atoms with E-state index in [1.807, 2.05) is 35.0 Å². The Kier molecular flexibility index (Phi) is 3.40. The summed E-state index contributed by atoms with van der Waals surface area (Å²) in [6, 6.07) is 10.0. The fourth-order valence-electron chi connectivity index (χ4n) is 2.29. The third-order valence-corrected chi connectivity index (χ3v) is 3.13. The lowest BCUT2D eigenvalue weighted by Gasteiger charge is -2.22. The Morgan fingerprint density at radius 1 is 1.11 bits per heavy atom. The second-order valence-electron chi connectivity index (χ2n) is 6.20. The molecule has 2 aromatic rings. The maximum Gasteiger partial charge on any atom is 0.165 e. The van der Waals surface area contributed by atoms with Crippen LogP contribution in [0.2, 0.25) is 0 Å². The van der Waals surface area contributed by atoms with Crippen molar-refractivity contribution in [1.82, 2.24) is 9.78 Å². The lowest BCUT2D eigenvalue weighted by atomic mass is 9.90. The molecule has 3 heteroatoms. The molecule has 0 spiro atoms. The van der Waals surface area contributed by atoms with E-state index >= 15 is 0 Å². The van der Waals surface area contributed by atoms with Gasteiger partial charge in [-0.25, -0.2) is 0 Å². The van der Waals surface area contributed by atoms with Crippen LogP contribution in [0, 0.1) is 0 Å². The molecule has 1 aromatic heterocycles. The summed E-state index contributed by atoms with van der Waals surface area (Å²) in [6.45, 7) is 10.4. The Labute approximate surface area is 114 Å². The largest absolute Gasteiger partial charge is 0.504 e. The quantitative estimate of drug-likeness (QED) is 0.879. The molecule has 19 heavy (non-hydrogen) atoms. The van der Waals surface area contributed by atoms with Crippen molar-refractivity contribution in [2.24, 2.45) is 0 Å². The van der Waals surface area contributed by atoms with E-state index in [0.29, 0.717) is 11.4 Å². The van der Waals surface area contributed by atoms with Crippen molar-refractivity contribution in [3.05, 3.63) is 36.0 Å². The molecule has 0 aliphatic rings. The van der Waals surface area contributed by atoms with Gasteiger partial charge >= 0.3 is 0 Å². The summed E-state index contributed by atoms with van der Waals surface area (Å²) in [4.78, 5) is 0. The van der Waals surface area contributed by atoms with Crippen molar-refractivity contribution < 1.29 is 5.11 Å². The van der Waals surface area contributed by atoms with E-state index in [-0.39, 0.29) is 11.5 Å².